The van der Waals surface area contributed by atoms with Gasteiger partial charge in [0.1, 0.15) is 6.04 Å². The van der Waals surface area contributed by atoms with Crippen molar-refractivity contribution >= 4 is 5.97 Å². The Bertz CT molecular complexity index is 209. The van der Waals surface area contributed by atoms with Crippen LogP contribution in [-0.2, 0) is 4.79 Å². The van der Waals surface area contributed by atoms with E-state index in [4.69, 9.17) is 5.11 Å². The predicted octanol–water partition coefficient (Wildman–Crippen LogP) is 1.53. The lowest BCUT2D eigenvalue weighted by molar-refractivity contribution is -0.139. The molecule has 0 amide bonds. The van der Waals surface area contributed by atoms with E-state index in [1.54, 1.807) is 0 Å². The van der Waals surface area contributed by atoms with Crippen LogP contribution in [0.2, 0.25) is 0 Å². The van der Waals surface area contributed by atoms with E-state index in [0.29, 0.717) is 0 Å². The van der Waals surface area contributed by atoms with Gasteiger partial charge >= 0.3 is 5.97 Å². The van der Waals surface area contributed by atoms with Crippen LogP contribution >= 0.6 is 0 Å². The first-order valence-electron chi connectivity index (χ1n) is 5.22. The Labute approximate surface area is 78.5 Å². The van der Waals surface area contributed by atoms with Crippen molar-refractivity contribution in [1.82, 2.24) is 5.32 Å². The molecule has 1 spiro atoms. The molecule has 1 aliphatic heterocycles. The van der Waals surface area contributed by atoms with Gasteiger partial charge in [-0.2, -0.15) is 0 Å². The lowest BCUT2D eigenvalue weighted by Gasteiger charge is -2.34. The summed E-state index contributed by atoms with van der Waals surface area (Å²) in [6, 6.07) is -0.280. The lowest BCUT2D eigenvalue weighted by Crippen LogP contribution is -2.46. The van der Waals surface area contributed by atoms with Gasteiger partial charge < -0.3 is 5.11 Å². The molecule has 1 aliphatic carbocycles. The van der Waals surface area contributed by atoms with Crippen LogP contribution in [0.25, 0.3) is 0 Å². The van der Waals surface area contributed by atoms with E-state index in [9.17, 15) is 4.79 Å². The fourth-order valence-electron chi connectivity index (χ4n) is 2.74. The molecule has 0 unspecified atom stereocenters. The summed E-state index contributed by atoms with van der Waals surface area (Å²) in [4.78, 5) is 10.8. The number of carbonyl (C=O) groups is 1. The topological polar surface area (TPSA) is 49.3 Å². The number of carboxylic acid groups (broad SMARTS) is 1. The van der Waals surface area contributed by atoms with Gasteiger partial charge in [0.25, 0.3) is 0 Å². The normalized spacial score (nSPS) is 32.2. The molecule has 1 atom stereocenters. The second kappa shape index (κ2) is 3.29. The maximum Gasteiger partial charge on any atom is 0.320 e. The summed E-state index contributed by atoms with van der Waals surface area (Å²) in [5, 5.41) is 12.2. The van der Waals surface area contributed by atoms with Crippen molar-refractivity contribution < 1.29 is 9.90 Å². The largest absolute Gasteiger partial charge is 0.480 e. The third kappa shape index (κ3) is 1.70. The highest BCUT2D eigenvalue weighted by molar-refractivity contribution is 5.74. The van der Waals surface area contributed by atoms with E-state index in [1.165, 1.54) is 32.1 Å². The Morgan fingerprint density at radius 1 is 1.23 bits per heavy atom. The molecule has 0 aromatic rings. The first kappa shape index (κ1) is 9.00. The molecule has 2 N–H and O–H groups in total. The first-order chi connectivity index (χ1) is 6.22. The number of hydrogen-bond donors (Lipinski definition) is 2. The smallest absolute Gasteiger partial charge is 0.320 e. The molecule has 2 aliphatic rings. The zero-order valence-corrected chi connectivity index (χ0v) is 7.88. The third-order valence-electron chi connectivity index (χ3n) is 3.50. The van der Waals surface area contributed by atoms with Gasteiger partial charge in [-0.05, 0) is 25.7 Å². The molecule has 2 fully saturated rings. The maximum absolute atomic E-state index is 10.8. The Morgan fingerprint density at radius 3 is 2.46 bits per heavy atom. The molecule has 74 valence electrons. The SMILES string of the molecule is O=C(O)[C@H]1CCC2(CCCCC2)N1. The monoisotopic (exact) mass is 183 g/mol. The quantitative estimate of drug-likeness (QED) is 0.648. The number of hydrogen-bond acceptors (Lipinski definition) is 2. The van der Waals surface area contributed by atoms with E-state index in [-0.39, 0.29) is 11.6 Å². The van der Waals surface area contributed by atoms with Gasteiger partial charge in [-0.25, -0.2) is 0 Å². The van der Waals surface area contributed by atoms with E-state index < -0.39 is 5.97 Å². The summed E-state index contributed by atoms with van der Waals surface area (Å²) in [5.41, 5.74) is 0.196. The second-order valence-corrected chi connectivity index (χ2v) is 4.41. The molecule has 13 heavy (non-hydrogen) atoms. The second-order valence-electron chi connectivity index (χ2n) is 4.41. The van der Waals surface area contributed by atoms with E-state index in [2.05, 4.69) is 5.32 Å². The minimum atomic E-state index is -0.678. The van der Waals surface area contributed by atoms with Gasteiger partial charge in [-0.1, -0.05) is 19.3 Å². The average Bonchev–Trinajstić information content (AvgIpc) is 2.51. The minimum absolute atomic E-state index is 0.196. The van der Waals surface area contributed by atoms with Crippen molar-refractivity contribution in [2.24, 2.45) is 0 Å². The molecular formula is C10H17NO2. The standard InChI is InChI=1S/C10H17NO2/c12-9(13)8-4-7-10(11-8)5-2-1-3-6-10/h8,11H,1-7H2,(H,12,13)/t8-/m1/s1. The summed E-state index contributed by atoms with van der Waals surface area (Å²) >= 11 is 0. The van der Waals surface area contributed by atoms with E-state index in [1.807, 2.05) is 0 Å². The van der Waals surface area contributed by atoms with Gasteiger partial charge in [-0.3, -0.25) is 10.1 Å². The van der Waals surface area contributed by atoms with Crippen LogP contribution in [0.5, 0.6) is 0 Å². The molecule has 0 bridgehead atoms. The van der Waals surface area contributed by atoms with E-state index in [0.717, 1.165) is 12.8 Å². The van der Waals surface area contributed by atoms with Crippen LogP contribution in [0.15, 0.2) is 0 Å². The van der Waals surface area contributed by atoms with Gasteiger partial charge in [0.2, 0.25) is 0 Å². The Morgan fingerprint density at radius 2 is 1.92 bits per heavy atom. The van der Waals surface area contributed by atoms with Crippen LogP contribution in [-0.4, -0.2) is 22.7 Å². The average molecular weight is 183 g/mol. The van der Waals surface area contributed by atoms with Crippen molar-refractivity contribution in [2.75, 3.05) is 0 Å². The summed E-state index contributed by atoms with van der Waals surface area (Å²) in [5.74, 6) is -0.678. The highest BCUT2D eigenvalue weighted by atomic mass is 16.4. The summed E-state index contributed by atoms with van der Waals surface area (Å²) in [6.45, 7) is 0. The Kier molecular flexibility index (Phi) is 2.28. The van der Waals surface area contributed by atoms with Gasteiger partial charge in [0.15, 0.2) is 0 Å². The molecule has 1 saturated heterocycles. The predicted molar refractivity (Wildman–Crippen MR) is 49.6 cm³/mol. The molecule has 2 rings (SSSR count). The van der Waals surface area contributed by atoms with Crippen molar-refractivity contribution in [3.8, 4) is 0 Å². The highest BCUT2D eigenvalue weighted by Crippen LogP contribution is 2.36. The van der Waals surface area contributed by atoms with Crippen LogP contribution in [0.1, 0.15) is 44.9 Å². The van der Waals surface area contributed by atoms with Crippen LogP contribution in [0, 0.1) is 0 Å². The van der Waals surface area contributed by atoms with Crippen LogP contribution in [0.3, 0.4) is 0 Å². The summed E-state index contributed by atoms with van der Waals surface area (Å²) < 4.78 is 0. The number of rotatable bonds is 1. The van der Waals surface area contributed by atoms with Crippen molar-refractivity contribution in [3.63, 3.8) is 0 Å². The summed E-state index contributed by atoms with van der Waals surface area (Å²) in [7, 11) is 0. The highest BCUT2D eigenvalue weighted by Gasteiger charge is 2.41. The van der Waals surface area contributed by atoms with Crippen molar-refractivity contribution in [1.29, 1.82) is 0 Å². The molecule has 3 heteroatoms. The maximum atomic E-state index is 10.8. The van der Waals surface area contributed by atoms with Crippen LogP contribution in [0.4, 0.5) is 0 Å². The first-order valence-corrected chi connectivity index (χ1v) is 5.22. The third-order valence-corrected chi connectivity index (χ3v) is 3.50. The summed E-state index contributed by atoms with van der Waals surface area (Å²) in [6.07, 6.45) is 8.08. The fourth-order valence-corrected chi connectivity index (χ4v) is 2.74. The molecule has 0 aromatic carbocycles. The van der Waals surface area contributed by atoms with Gasteiger partial charge in [0.05, 0.1) is 0 Å². The van der Waals surface area contributed by atoms with Crippen molar-refractivity contribution in [3.05, 3.63) is 0 Å². The molecule has 1 heterocycles. The molecule has 1 saturated carbocycles. The Balaban J connectivity index is 1.98. The molecule has 3 nitrogen and oxygen atoms in total. The van der Waals surface area contributed by atoms with Crippen LogP contribution < -0.4 is 5.32 Å². The zero-order chi connectivity index (χ0) is 9.31. The van der Waals surface area contributed by atoms with Crippen molar-refractivity contribution in [2.45, 2.75) is 56.5 Å². The number of nitrogens with one attached hydrogen (secondary N) is 1. The minimum Gasteiger partial charge on any atom is -0.480 e. The lowest BCUT2D eigenvalue weighted by atomic mass is 9.81. The molecule has 0 aromatic heterocycles. The fraction of sp³-hybridized carbons (Fsp3) is 0.900. The molecular weight excluding hydrogens is 166 g/mol. The van der Waals surface area contributed by atoms with E-state index >= 15 is 0 Å². The Hall–Kier alpha value is -0.570. The molecule has 0 radical (unpaired) electrons. The zero-order valence-electron chi connectivity index (χ0n) is 7.88. The van der Waals surface area contributed by atoms with Gasteiger partial charge in [-0.15, -0.1) is 0 Å². The number of aliphatic carboxylic acids is 1. The van der Waals surface area contributed by atoms with Gasteiger partial charge in [0, 0.05) is 5.54 Å². The number of carboxylic acids is 1.